The fraction of sp³-hybridized carbons (Fsp3) is 0.333. The van der Waals surface area contributed by atoms with Crippen LogP contribution in [0.5, 0.6) is 5.75 Å². The lowest BCUT2D eigenvalue weighted by molar-refractivity contribution is -0.144. The third kappa shape index (κ3) is 5.75. The Morgan fingerprint density at radius 2 is 1.95 bits per heavy atom. The van der Waals surface area contributed by atoms with E-state index in [-0.39, 0.29) is 29.1 Å². The minimum absolute atomic E-state index is 0.0367. The van der Waals surface area contributed by atoms with Crippen molar-refractivity contribution in [1.29, 1.82) is 0 Å². The van der Waals surface area contributed by atoms with Crippen LogP contribution in [-0.4, -0.2) is 71.5 Å². The van der Waals surface area contributed by atoms with Crippen molar-refractivity contribution in [1.82, 2.24) is 24.6 Å². The molecule has 2 aromatic heterocycles. The van der Waals surface area contributed by atoms with E-state index in [9.17, 15) is 18.4 Å². The van der Waals surface area contributed by atoms with E-state index in [1.54, 1.807) is 22.7 Å². The molecule has 1 atom stereocenters. The van der Waals surface area contributed by atoms with Crippen LogP contribution in [0.1, 0.15) is 29.3 Å². The Morgan fingerprint density at radius 3 is 2.71 bits per heavy atom. The number of hydrogen-bond acceptors (Lipinski definition) is 8. The van der Waals surface area contributed by atoms with Crippen molar-refractivity contribution in [3.63, 3.8) is 0 Å². The van der Waals surface area contributed by atoms with E-state index < -0.39 is 11.6 Å². The third-order valence-electron chi connectivity index (χ3n) is 7.48. The zero-order valence-corrected chi connectivity index (χ0v) is 23.6. The van der Waals surface area contributed by atoms with Gasteiger partial charge in [0.05, 0.1) is 32.0 Å². The molecule has 0 bridgehead atoms. The van der Waals surface area contributed by atoms with Crippen molar-refractivity contribution < 1.29 is 27.8 Å². The number of rotatable bonds is 10. The highest BCUT2D eigenvalue weighted by atomic mass is 19.2. The highest BCUT2D eigenvalue weighted by Gasteiger charge is 2.28. The molecular weight excluding hydrogens is 546 g/mol. The largest absolute Gasteiger partial charge is 0.494 e. The van der Waals surface area contributed by atoms with Gasteiger partial charge >= 0.3 is 5.97 Å². The molecule has 3 heterocycles. The summed E-state index contributed by atoms with van der Waals surface area (Å²) in [6.07, 6.45) is 5.99. The molecule has 12 heteroatoms. The maximum absolute atomic E-state index is 14.8. The number of carbonyl (C=O) groups is 2. The summed E-state index contributed by atoms with van der Waals surface area (Å²) in [6, 6.07) is 8.22. The average Bonchev–Trinajstić information content (AvgIpc) is 3.66. The second-order valence-corrected chi connectivity index (χ2v) is 9.97. The van der Waals surface area contributed by atoms with Gasteiger partial charge < -0.3 is 25.0 Å². The Morgan fingerprint density at radius 1 is 1.12 bits per heavy atom. The van der Waals surface area contributed by atoms with E-state index in [1.165, 1.54) is 38.7 Å². The Kier molecular flexibility index (Phi) is 8.62. The number of halogens is 2. The predicted octanol–water partition coefficient (Wildman–Crippen LogP) is 4.21. The number of carbonyl (C=O) groups excluding carboxylic acids is 2. The van der Waals surface area contributed by atoms with Gasteiger partial charge in [-0.2, -0.15) is 4.39 Å². The molecule has 2 aromatic carbocycles. The number of anilines is 2. The molecule has 1 fully saturated rings. The van der Waals surface area contributed by atoms with Crippen LogP contribution >= 0.6 is 0 Å². The van der Waals surface area contributed by atoms with E-state index in [4.69, 9.17) is 9.47 Å². The van der Waals surface area contributed by atoms with E-state index in [0.29, 0.717) is 54.5 Å². The first-order valence-corrected chi connectivity index (χ1v) is 13.7. The number of hydrogen-bond donors (Lipinski definition) is 2. The molecule has 1 saturated heterocycles. The van der Waals surface area contributed by atoms with Gasteiger partial charge in [-0.05, 0) is 55.3 Å². The molecular formula is C30H32F2N6O4. The van der Waals surface area contributed by atoms with Gasteiger partial charge in [0.2, 0.25) is 5.82 Å². The van der Waals surface area contributed by atoms with Crippen LogP contribution in [0.4, 0.5) is 20.3 Å². The lowest BCUT2D eigenvalue weighted by atomic mass is 10.0. The number of nitrogens with one attached hydrogen (secondary N) is 2. The highest BCUT2D eigenvalue weighted by Crippen LogP contribution is 2.31. The summed E-state index contributed by atoms with van der Waals surface area (Å²) < 4.78 is 40.5. The minimum atomic E-state index is -1.07. The number of methoxy groups -OCH3 is 2. The number of aromatic nitrogens is 3. The molecule has 0 radical (unpaired) electrons. The molecule has 4 aromatic rings. The average molecular weight is 579 g/mol. The van der Waals surface area contributed by atoms with Gasteiger partial charge in [-0.15, -0.1) is 0 Å². The Labute approximate surface area is 241 Å². The molecule has 42 heavy (non-hydrogen) atoms. The summed E-state index contributed by atoms with van der Waals surface area (Å²) in [5.41, 5.74) is 2.92. The van der Waals surface area contributed by atoms with E-state index in [2.05, 4.69) is 25.5 Å². The first-order valence-electron chi connectivity index (χ1n) is 13.7. The van der Waals surface area contributed by atoms with Gasteiger partial charge in [0, 0.05) is 48.8 Å². The number of nitrogens with zero attached hydrogens (tertiary/aromatic N) is 4. The van der Waals surface area contributed by atoms with E-state index in [0.717, 1.165) is 18.5 Å². The van der Waals surface area contributed by atoms with Gasteiger partial charge in [0.15, 0.2) is 23.0 Å². The van der Waals surface area contributed by atoms with Crippen molar-refractivity contribution in [2.75, 3.05) is 45.7 Å². The van der Waals surface area contributed by atoms with Crippen molar-refractivity contribution in [2.24, 2.45) is 5.92 Å². The van der Waals surface area contributed by atoms with Crippen molar-refractivity contribution in [3.05, 3.63) is 71.7 Å². The summed E-state index contributed by atoms with van der Waals surface area (Å²) in [7, 11) is 2.68. The summed E-state index contributed by atoms with van der Waals surface area (Å²) >= 11 is 0. The number of ether oxygens (including phenoxy) is 2. The molecule has 1 aliphatic rings. The van der Waals surface area contributed by atoms with Gasteiger partial charge in [-0.1, -0.05) is 6.92 Å². The fourth-order valence-corrected chi connectivity index (χ4v) is 5.23. The molecule has 1 aliphatic heterocycles. The number of likely N-dealkylation sites (tertiary alicyclic amines) is 1. The number of aryl methyl sites for hydroxylation is 1. The number of imidazole rings is 1. The zero-order chi connectivity index (χ0) is 29.8. The molecule has 220 valence electrons. The summed E-state index contributed by atoms with van der Waals surface area (Å²) in [6.45, 7) is 4.50. The maximum atomic E-state index is 14.8. The number of fused-ring (bicyclic) bond motifs is 1. The zero-order valence-electron chi connectivity index (χ0n) is 23.6. The fourth-order valence-electron chi connectivity index (χ4n) is 5.23. The Bertz CT molecular complexity index is 1630. The number of benzene rings is 2. The van der Waals surface area contributed by atoms with Gasteiger partial charge in [0.1, 0.15) is 0 Å². The van der Waals surface area contributed by atoms with Crippen LogP contribution < -0.4 is 15.4 Å². The Balaban J connectivity index is 1.28. The molecule has 1 amide bonds. The van der Waals surface area contributed by atoms with Crippen LogP contribution in [0.2, 0.25) is 0 Å². The monoisotopic (exact) mass is 578 g/mol. The van der Waals surface area contributed by atoms with Crippen molar-refractivity contribution >= 4 is 29.0 Å². The maximum Gasteiger partial charge on any atom is 0.310 e. The minimum Gasteiger partial charge on any atom is -0.494 e. The van der Waals surface area contributed by atoms with Crippen molar-refractivity contribution in [3.8, 4) is 17.0 Å². The quantitative estimate of drug-likeness (QED) is 0.270. The van der Waals surface area contributed by atoms with Crippen LogP contribution in [0.15, 0.2) is 48.9 Å². The second kappa shape index (κ2) is 12.5. The summed E-state index contributed by atoms with van der Waals surface area (Å²) in [5, 5.41) is 6.21. The van der Waals surface area contributed by atoms with Crippen LogP contribution in [0, 0.1) is 17.6 Å². The van der Waals surface area contributed by atoms with Gasteiger partial charge in [0.25, 0.3) is 5.91 Å². The van der Waals surface area contributed by atoms with Crippen LogP contribution in [0.3, 0.4) is 0 Å². The molecule has 0 spiro atoms. The topological polar surface area (TPSA) is 110 Å². The van der Waals surface area contributed by atoms with E-state index in [1.807, 2.05) is 13.0 Å². The molecule has 1 unspecified atom stereocenters. The van der Waals surface area contributed by atoms with E-state index >= 15 is 0 Å². The number of esters is 1. The molecule has 0 aliphatic carbocycles. The lowest BCUT2D eigenvalue weighted by Gasteiger charge is -2.17. The standard InChI is InChI=1S/C30H32F2N6O4/c1-4-18-15-20(5-6-21(18)29(39)34-10-13-37-12-9-19(17-37)30(40)42-3)36-27-28-35-16-23(38(28)14-11-33-27)22-7-8-24(41-2)26(32)25(22)31/h5-8,11,14-16,19H,4,9-10,12-13,17H2,1-3H3,(H,33,36)(H,34,39). The lowest BCUT2D eigenvalue weighted by Crippen LogP contribution is -2.34. The van der Waals surface area contributed by atoms with Crippen molar-refractivity contribution in [2.45, 2.75) is 19.8 Å². The summed E-state index contributed by atoms with van der Waals surface area (Å²) in [4.78, 5) is 35.7. The predicted molar refractivity (Wildman–Crippen MR) is 153 cm³/mol. The number of amides is 1. The van der Waals surface area contributed by atoms with Crippen LogP contribution in [-0.2, 0) is 16.0 Å². The Hall–Kier alpha value is -4.58. The molecule has 0 saturated carbocycles. The normalized spacial score (nSPS) is 15.1. The first-order chi connectivity index (χ1) is 20.3. The molecule has 2 N–H and O–H groups in total. The molecule has 5 rings (SSSR count). The first kappa shape index (κ1) is 28.9. The summed E-state index contributed by atoms with van der Waals surface area (Å²) in [5.74, 6) is -2.35. The smallest absolute Gasteiger partial charge is 0.310 e. The van der Waals surface area contributed by atoms with Crippen LogP contribution in [0.25, 0.3) is 16.9 Å². The highest BCUT2D eigenvalue weighted by molar-refractivity contribution is 5.96. The molecule has 10 nitrogen and oxygen atoms in total. The van der Waals surface area contributed by atoms with Gasteiger partial charge in [-0.25, -0.2) is 14.4 Å². The SMILES string of the molecule is CCc1cc(Nc2nccn3c(-c4ccc(OC)c(F)c4F)cnc23)ccc1C(=O)NCCN1CCC(C(=O)OC)C1. The second-order valence-electron chi connectivity index (χ2n) is 9.97. The van der Waals surface area contributed by atoms with Gasteiger partial charge in [-0.3, -0.25) is 14.0 Å². The third-order valence-corrected chi connectivity index (χ3v) is 7.48.